The summed E-state index contributed by atoms with van der Waals surface area (Å²) in [5, 5.41) is 0. The van der Waals surface area contributed by atoms with Crippen molar-refractivity contribution in [2.24, 2.45) is 5.73 Å². The number of pyridine rings is 1. The Hall–Kier alpha value is -1.87. The van der Waals surface area contributed by atoms with E-state index in [0.29, 0.717) is 0 Å². The molecule has 0 saturated carbocycles. The van der Waals surface area contributed by atoms with Gasteiger partial charge in [0.25, 0.3) is 0 Å². The van der Waals surface area contributed by atoms with Gasteiger partial charge in [0.05, 0.1) is 0 Å². The second-order valence-corrected chi connectivity index (χ2v) is 5.02. The van der Waals surface area contributed by atoms with Crippen molar-refractivity contribution < 1.29 is 0 Å². The molecule has 1 aromatic heterocycles. The summed E-state index contributed by atoms with van der Waals surface area (Å²) in [7, 11) is 2.06. The number of rotatable bonds is 4. The second-order valence-electron chi connectivity index (χ2n) is 5.02. The molecule has 1 aromatic carbocycles. The van der Waals surface area contributed by atoms with Crippen LogP contribution in [0.5, 0.6) is 0 Å². The molecule has 0 unspecified atom stereocenters. The molecule has 0 saturated heterocycles. The van der Waals surface area contributed by atoms with Crippen LogP contribution in [0.4, 0.5) is 5.82 Å². The number of nitrogens with two attached hydrogens (primary N) is 1. The largest absolute Gasteiger partial charge is 0.355 e. The minimum atomic E-state index is 0.0308. The van der Waals surface area contributed by atoms with Gasteiger partial charge in [-0.05, 0) is 36.6 Å². The highest BCUT2D eigenvalue weighted by Crippen LogP contribution is 2.17. The standard InChI is InChI=1S/C16H21N3/c1-12-6-4-5-7-15(12)11-19(3)16-9-8-14(10-18-16)13(2)17/h4-10,13H,11,17H2,1-3H3/t13-/m1/s1. The topological polar surface area (TPSA) is 42.1 Å². The summed E-state index contributed by atoms with van der Waals surface area (Å²) in [6, 6.07) is 12.5. The molecule has 0 amide bonds. The van der Waals surface area contributed by atoms with Gasteiger partial charge in [-0.3, -0.25) is 0 Å². The molecule has 0 aliphatic heterocycles. The van der Waals surface area contributed by atoms with Crippen LogP contribution in [-0.4, -0.2) is 12.0 Å². The average Bonchev–Trinajstić information content (AvgIpc) is 2.41. The summed E-state index contributed by atoms with van der Waals surface area (Å²) in [5.74, 6) is 0.965. The lowest BCUT2D eigenvalue weighted by Crippen LogP contribution is -2.18. The maximum atomic E-state index is 5.83. The van der Waals surface area contributed by atoms with E-state index in [1.54, 1.807) is 0 Å². The highest BCUT2D eigenvalue weighted by atomic mass is 15.2. The lowest BCUT2D eigenvalue weighted by molar-refractivity contribution is 0.807. The first-order valence-electron chi connectivity index (χ1n) is 6.55. The van der Waals surface area contributed by atoms with Crippen molar-refractivity contribution >= 4 is 5.82 Å². The first kappa shape index (κ1) is 13.6. The van der Waals surface area contributed by atoms with Crippen molar-refractivity contribution in [3.63, 3.8) is 0 Å². The lowest BCUT2D eigenvalue weighted by Gasteiger charge is -2.20. The molecule has 1 heterocycles. The molecule has 1 atom stereocenters. The smallest absolute Gasteiger partial charge is 0.128 e. The number of hydrogen-bond acceptors (Lipinski definition) is 3. The molecule has 3 heteroatoms. The van der Waals surface area contributed by atoms with Crippen molar-refractivity contribution in [2.75, 3.05) is 11.9 Å². The van der Waals surface area contributed by atoms with E-state index in [0.717, 1.165) is 17.9 Å². The molecule has 19 heavy (non-hydrogen) atoms. The number of anilines is 1. The van der Waals surface area contributed by atoms with E-state index in [1.165, 1.54) is 11.1 Å². The van der Waals surface area contributed by atoms with Crippen LogP contribution < -0.4 is 10.6 Å². The van der Waals surface area contributed by atoms with E-state index in [-0.39, 0.29) is 6.04 Å². The zero-order valence-corrected chi connectivity index (χ0v) is 11.8. The zero-order valence-electron chi connectivity index (χ0n) is 11.8. The van der Waals surface area contributed by atoms with E-state index in [1.807, 2.05) is 25.3 Å². The molecule has 2 rings (SSSR count). The molecule has 100 valence electrons. The van der Waals surface area contributed by atoms with Gasteiger partial charge in [0.15, 0.2) is 0 Å². The van der Waals surface area contributed by atoms with Gasteiger partial charge in [-0.15, -0.1) is 0 Å². The molecular weight excluding hydrogens is 234 g/mol. The number of nitrogens with zero attached hydrogens (tertiary/aromatic N) is 2. The second kappa shape index (κ2) is 5.85. The van der Waals surface area contributed by atoms with Gasteiger partial charge in [-0.1, -0.05) is 30.3 Å². The number of aryl methyl sites for hydroxylation is 1. The molecule has 0 bridgehead atoms. The normalized spacial score (nSPS) is 12.2. The maximum Gasteiger partial charge on any atom is 0.128 e. The fourth-order valence-corrected chi connectivity index (χ4v) is 2.02. The highest BCUT2D eigenvalue weighted by Gasteiger charge is 2.06. The number of hydrogen-bond donors (Lipinski definition) is 1. The van der Waals surface area contributed by atoms with Crippen molar-refractivity contribution in [3.05, 3.63) is 59.3 Å². The third kappa shape index (κ3) is 3.32. The molecule has 0 fully saturated rings. The van der Waals surface area contributed by atoms with E-state index in [4.69, 9.17) is 5.73 Å². The lowest BCUT2D eigenvalue weighted by atomic mass is 10.1. The molecule has 0 radical (unpaired) electrons. The summed E-state index contributed by atoms with van der Waals surface area (Å²) in [4.78, 5) is 6.62. The van der Waals surface area contributed by atoms with Crippen LogP contribution in [0, 0.1) is 6.92 Å². The van der Waals surface area contributed by atoms with Crippen molar-refractivity contribution in [2.45, 2.75) is 26.4 Å². The Labute approximate surface area is 115 Å². The molecule has 0 spiro atoms. The Morgan fingerprint density at radius 2 is 1.95 bits per heavy atom. The first-order chi connectivity index (χ1) is 9.08. The van der Waals surface area contributed by atoms with Crippen molar-refractivity contribution in [1.82, 2.24) is 4.98 Å². The Bertz CT molecular complexity index is 532. The van der Waals surface area contributed by atoms with Crippen LogP contribution in [0.25, 0.3) is 0 Å². The Balaban J connectivity index is 2.12. The Morgan fingerprint density at radius 3 is 2.53 bits per heavy atom. The average molecular weight is 255 g/mol. The molecule has 0 aliphatic rings. The summed E-state index contributed by atoms with van der Waals surface area (Å²) in [5.41, 5.74) is 9.52. The van der Waals surface area contributed by atoms with Gasteiger partial charge in [0.1, 0.15) is 5.82 Å². The van der Waals surface area contributed by atoms with Gasteiger partial charge >= 0.3 is 0 Å². The monoisotopic (exact) mass is 255 g/mol. The summed E-state index contributed by atoms with van der Waals surface area (Å²) >= 11 is 0. The third-order valence-electron chi connectivity index (χ3n) is 3.36. The van der Waals surface area contributed by atoms with Crippen LogP contribution in [0.3, 0.4) is 0 Å². The summed E-state index contributed by atoms with van der Waals surface area (Å²) in [6.07, 6.45) is 1.86. The van der Waals surface area contributed by atoms with Gasteiger partial charge in [0.2, 0.25) is 0 Å². The number of aromatic nitrogens is 1. The Kier molecular flexibility index (Phi) is 4.17. The minimum absolute atomic E-state index is 0.0308. The number of benzene rings is 1. The van der Waals surface area contributed by atoms with Gasteiger partial charge < -0.3 is 10.6 Å². The molecule has 2 N–H and O–H groups in total. The quantitative estimate of drug-likeness (QED) is 0.913. The summed E-state index contributed by atoms with van der Waals surface area (Å²) < 4.78 is 0. The van der Waals surface area contributed by atoms with Crippen LogP contribution in [-0.2, 0) is 6.54 Å². The van der Waals surface area contributed by atoms with Crippen LogP contribution >= 0.6 is 0 Å². The van der Waals surface area contributed by atoms with Crippen LogP contribution in [0.1, 0.15) is 29.7 Å². The molecule has 3 nitrogen and oxygen atoms in total. The van der Waals surface area contributed by atoms with E-state index >= 15 is 0 Å². The van der Waals surface area contributed by atoms with Gasteiger partial charge in [-0.25, -0.2) is 4.98 Å². The van der Waals surface area contributed by atoms with Gasteiger partial charge in [0, 0.05) is 25.8 Å². The van der Waals surface area contributed by atoms with Crippen LogP contribution in [0.15, 0.2) is 42.6 Å². The van der Waals surface area contributed by atoms with E-state index in [9.17, 15) is 0 Å². The van der Waals surface area contributed by atoms with E-state index in [2.05, 4.69) is 48.1 Å². The zero-order chi connectivity index (χ0) is 13.8. The SMILES string of the molecule is Cc1ccccc1CN(C)c1ccc([C@@H](C)N)cn1. The summed E-state index contributed by atoms with van der Waals surface area (Å²) in [6.45, 7) is 4.96. The van der Waals surface area contributed by atoms with Crippen LogP contribution in [0.2, 0.25) is 0 Å². The third-order valence-corrected chi connectivity index (χ3v) is 3.36. The van der Waals surface area contributed by atoms with E-state index < -0.39 is 0 Å². The highest BCUT2D eigenvalue weighted by molar-refractivity contribution is 5.41. The van der Waals surface area contributed by atoms with Crippen molar-refractivity contribution in [1.29, 1.82) is 0 Å². The maximum absolute atomic E-state index is 5.83. The molecule has 0 aliphatic carbocycles. The fraction of sp³-hybridized carbons (Fsp3) is 0.312. The predicted molar refractivity (Wildman–Crippen MR) is 80.1 cm³/mol. The Morgan fingerprint density at radius 1 is 1.21 bits per heavy atom. The fourth-order valence-electron chi connectivity index (χ4n) is 2.02. The van der Waals surface area contributed by atoms with Crippen molar-refractivity contribution in [3.8, 4) is 0 Å². The van der Waals surface area contributed by atoms with Gasteiger partial charge in [-0.2, -0.15) is 0 Å². The predicted octanol–water partition coefficient (Wildman–Crippen LogP) is 3.05. The molecule has 2 aromatic rings. The minimum Gasteiger partial charge on any atom is -0.355 e. The first-order valence-corrected chi connectivity index (χ1v) is 6.55. The molecular formula is C16H21N3.